The molecule has 100 valence electrons. The highest BCUT2D eigenvalue weighted by atomic mass is 79.9. The second kappa shape index (κ2) is 6.55. The van der Waals surface area contributed by atoms with Gasteiger partial charge < -0.3 is 9.84 Å². The fourth-order valence-electron chi connectivity index (χ4n) is 2.43. The van der Waals surface area contributed by atoms with Gasteiger partial charge in [0.2, 0.25) is 0 Å². The molecule has 0 fully saturated rings. The molecule has 0 aliphatic carbocycles. The van der Waals surface area contributed by atoms with Crippen LogP contribution in [0.4, 0.5) is 0 Å². The molecule has 18 heavy (non-hydrogen) atoms. The van der Waals surface area contributed by atoms with Crippen LogP contribution >= 0.6 is 15.9 Å². The van der Waals surface area contributed by atoms with Crippen molar-refractivity contribution in [3.63, 3.8) is 0 Å². The van der Waals surface area contributed by atoms with Gasteiger partial charge in [0, 0.05) is 29.5 Å². The molecule has 0 atom stereocenters. The molecule has 2 rings (SSSR count). The van der Waals surface area contributed by atoms with E-state index in [0.29, 0.717) is 0 Å². The summed E-state index contributed by atoms with van der Waals surface area (Å²) in [5.74, 6) is 1.05. The van der Waals surface area contributed by atoms with Gasteiger partial charge >= 0.3 is 0 Å². The first-order valence-electron chi connectivity index (χ1n) is 6.52. The summed E-state index contributed by atoms with van der Waals surface area (Å²) in [6.07, 6.45) is 2.09. The van der Waals surface area contributed by atoms with Gasteiger partial charge in [-0.05, 0) is 30.7 Å². The maximum atomic E-state index is 9.11. The summed E-state index contributed by atoms with van der Waals surface area (Å²) >= 11 is 3.56. The third-order valence-electron chi connectivity index (χ3n) is 3.18. The highest BCUT2D eigenvalue weighted by Crippen LogP contribution is 2.33. The highest BCUT2D eigenvalue weighted by Gasteiger charge is 2.18. The first-order valence-corrected chi connectivity index (χ1v) is 7.31. The smallest absolute Gasteiger partial charge is 0.127 e. The Bertz CT molecular complexity index is 403. The van der Waals surface area contributed by atoms with Crippen molar-refractivity contribution >= 4 is 15.9 Å². The average molecular weight is 314 g/mol. The summed E-state index contributed by atoms with van der Waals surface area (Å²) in [6.45, 7) is 5.71. The molecule has 1 aliphatic rings. The largest absolute Gasteiger partial charge is 0.493 e. The average Bonchev–Trinajstić information content (AvgIpc) is 2.77. The minimum atomic E-state index is 0.205. The molecule has 0 bridgehead atoms. The van der Waals surface area contributed by atoms with Gasteiger partial charge in [-0.2, -0.15) is 0 Å². The zero-order chi connectivity index (χ0) is 13.0. The summed E-state index contributed by atoms with van der Waals surface area (Å²) in [7, 11) is 0. The number of ether oxygens (including phenoxy) is 1. The van der Waals surface area contributed by atoms with Crippen LogP contribution in [-0.2, 0) is 13.0 Å². The Morgan fingerprint density at radius 1 is 1.39 bits per heavy atom. The predicted octanol–water partition coefficient (Wildman–Crippen LogP) is 2.59. The summed E-state index contributed by atoms with van der Waals surface area (Å²) in [4.78, 5) is 2.27. The number of benzene rings is 1. The number of aliphatic hydroxyl groups excluding tert-OH is 1. The van der Waals surface area contributed by atoms with Crippen LogP contribution in [0.2, 0.25) is 0 Å². The van der Waals surface area contributed by atoms with Gasteiger partial charge in [-0.1, -0.05) is 22.9 Å². The number of rotatable bonds is 6. The van der Waals surface area contributed by atoms with Gasteiger partial charge in [-0.15, -0.1) is 0 Å². The lowest BCUT2D eigenvalue weighted by atomic mass is 10.1. The molecule has 1 N–H and O–H groups in total. The van der Waals surface area contributed by atoms with Gasteiger partial charge in [-0.3, -0.25) is 4.90 Å². The zero-order valence-corrected chi connectivity index (χ0v) is 12.4. The molecule has 0 aromatic heterocycles. The molecule has 1 heterocycles. The molecular formula is C14H20BrNO2. The molecule has 1 aromatic rings. The molecule has 0 radical (unpaired) electrons. The topological polar surface area (TPSA) is 32.7 Å². The summed E-state index contributed by atoms with van der Waals surface area (Å²) in [5, 5.41) is 9.11. The number of hydrogen-bond donors (Lipinski definition) is 1. The summed E-state index contributed by atoms with van der Waals surface area (Å²) in [6, 6.07) is 4.27. The maximum Gasteiger partial charge on any atom is 0.127 e. The number of hydrogen-bond acceptors (Lipinski definition) is 3. The molecule has 0 saturated heterocycles. The van der Waals surface area contributed by atoms with Gasteiger partial charge in [0.25, 0.3) is 0 Å². The van der Waals surface area contributed by atoms with Crippen molar-refractivity contribution in [1.29, 1.82) is 0 Å². The third kappa shape index (κ3) is 3.25. The first kappa shape index (κ1) is 13.8. The molecule has 0 spiro atoms. The van der Waals surface area contributed by atoms with Crippen LogP contribution in [0.1, 0.15) is 24.5 Å². The molecule has 0 saturated carbocycles. The Hall–Kier alpha value is -0.580. The van der Waals surface area contributed by atoms with Crippen LogP contribution in [-0.4, -0.2) is 36.3 Å². The standard InChI is InChI=1S/C14H20BrNO2/c1-2-4-16(5-6-17)10-12-9-13(15)8-11-3-7-18-14(11)12/h8-9,17H,2-7,10H2,1H3. The predicted molar refractivity (Wildman–Crippen MR) is 76.0 cm³/mol. The van der Waals surface area contributed by atoms with Crippen molar-refractivity contribution < 1.29 is 9.84 Å². The van der Waals surface area contributed by atoms with E-state index in [1.165, 1.54) is 11.1 Å². The first-order chi connectivity index (χ1) is 8.74. The van der Waals surface area contributed by atoms with E-state index in [0.717, 1.165) is 49.3 Å². The molecule has 1 aliphatic heterocycles. The van der Waals surface area contributed by atoms with Gasteiger partial charge in [0.1, 0.15) is 5.75 Å². The van der Waals surface area contributed by atoms with Crippen LogP contribution in [0.25, 0.3) is 0 Å². The van der Waals surface area contributed by atoms with E-state index in [1.807, 2.05) is 0 Å². The van der Waals surface area contributed by atoms with Crippen LogP contribution in [0.3, 0.4) is 0 Å². The fourth-order valence-corrected chi connectivity index (χ4v) is 2.98. The molecule has 4 heteroatoms. The normalized spacial score (nSPS) is 13.8. The Morgan fingerprint density at radius 2 is 2.22 bits per heavy atom. The van der Waals surface area contributed by atoms with Crippen LogP contribution in [0.5, 0.6) is 5.75 Å². The van der Waals surface area contributed by atoms with Gasteiger partial charge in [-0.25, -0.2) is 0 Å². The van der Waals surface area contributed by atoms with Gasteiger partial charge in [0.15, 0.2) is 0 Å². The van der Waals surface area contributed by atoms with Crippen LogP contribution in [0.15, 0.2) is 16.6 Å². The SMILES string of the molecule is CCCN(CCO)Cc1cc(Br)cc2c1OCC2. The number of halogens is 1. The molecule has 1 aromatic carbocycles. The third-order valence-corrected chi connectivity index (χ3v) is 3.63. The Balaban J connectivity index is 2.17. The minimum absolute atomic E-state index is 0.205. The summed E-state index contributed by atoms with van der Waals surface area (Å²) in [5.41, 5.74) is 2.51. The fraction of sp³-hybridized carbons (Fsp3) is 0.571. The second-order valence-electron chi connectivity index (χ2n) is 4.65. The molecular weight excluding hydrogens is 294 g/mol. The van der Waals surface area contributed by atoms with E-state index in [-0.39, 0.29) is 6.61 Å². The van der Waals surface area contributed by atoms with Crippen molar-refractivity contribution in [3.8, 4) is 5.75 Å². The van der Waals surface area contributed by atoms with E-state index < -0.39 is 0 Å². The highest BCUT2D eigenvalue weighted by molar-refractivity contribution is 9.10. The van der Waals surface area contributed by atoms with Crippen molar-refractivity contribution in [1.82, 2.24) is 4.90 Å². The lowest BCUT2D eigenvalue weighted by molar-refractivity contribution is 0.188. The number of fused-ring (bicyclic) bond motifs is 1. The Labute approximate surface area is 117 Å². The van der Waals surface area contributed by atoms with E-state index in [9.17, 15) is 0 Å². The van der Waals surface area contributed by atoms with Crippen LogP contribution < -0.4 is 4.74 Å². The van der Waals surface area contributed by atoms with Crippen molar-refractivity contribution in [2.75, 3.05) is 26.3 Å². The van der Waals surface area contributed by atoms with E-state index in [1.54, 1.807) is 0 Å². The minimum Gasteiger partial charge on any atom is -0.493 e. The van der Waals surface area contributed by atoms with Gasteiger partial charge in [0.05, 0.1) is 13.2 Å². The van der Waals surface area contributed by atoms with Crippen LogP contribution in [0, 0.1) is 0 Å². The molecule has 0 amide bonds. The number of aliphatic hydroxyl groups is 1. The van der Waals surface area contributed by atoms with Crippen molar-refractivity contribution in [2.45, 2.75) is 26.3 Å². The maximum absolute atomic E-state index is 9.11. The second-order valence-corrected chi connectivity index (χ2v) is 5.57. The Kier molecular flexibility index (Phi) is 5.03. The zero-order valence-electron chi connectivity index (χ0n) is 10.8. The quantitative estimate of drug-likeness (QED) is 0.876. The van der Waals surface area contributed by atoms with E-state index in [2.05, 4.69) is 39.9 Å². The van der Waals surface area contributed by atoms with Crippen molar-refractivity contribution in [2.24, 2.45) is 0 Å². The number of nitrogens with zero attached hydrogens (tertiary/aromatic N) is 1. The lowest BCUT2D eigenvalue weighted by Gasteiger charge is -2.22. The lowest BCUT2D eigenvalue weighted by Crippen LogP contribution is -2.27. The summed E-state index contributed by atoms with van der Waals surface area (Å²) < 4.78 is 6.84. The van der Waals surface area contributed by atoms with E-state index >= 15 is 0 Å². The van der Waals surface area contributed by atoms with Crippen molar-refractivity contribution in [3.05, 3.63) is 27.7 Å². The molecule has 3 nitrogen and oxygen atoms in total. The monoisotopic (exact) mass is 313 g/mol. The Morgan fingerprint density at radius 3 is 2.94 bits per heavy atom. The molecule has 0 unspecified atom stereocenters. The van der Waals surface area contributed by atoms with E-state index in [4.69, 9.17) is 9.84 Å².